The third-order valence-corrected chi connectivity index (χ3v) is 5.00. The molecular weight excluding hydrogens is 384 g/mol. The molecule has 0 spiro atoms. The van der Waals surface area contributed by atoms with Crippen LogP contribution in [0.25, 0.3) is 11.4 Å². The van der Waals surface area contributed by atoms with E-state index in [1.54, 1.807) is 12.0 Å². The van der Waals surface area contributed by atoms with Crippen LogP contribution in [0.5, 0.6) is 11.5 Å². The zero-order valence-corrected chi connectivity index (χ0v) is 17.0. The number of para-hydroxylation sites is 2. The number of hydrogen-bond acceptors (Lipinski definition) is 6. The van der Waals surface area contributed by atoms with Crippen molar-refractivity contribution < 1.29 is 18.8 Å². The molecule has 1 aliphatic rings. The van der Waals surface area contributed by atoms with Gasteiger partial charge in [0.2, 0.25) is 11.7 Å². The third kappa shape index (κ3) is 4.07. The third-order valence-electron chi connectivity index (χ3n) is 5.00. The average molecular weight is 408 g/mol. The molecule has 4 rings (SSSR count). The topological polar surface area (TPSA) is 89.7 Å². The minimum Gasteiger partial charge on any atom is -0.497 e. The molecule has 1 fully saturated rings. The van der Waals surface area contributed by atoms with Gasteiger partial charge >= 0.3 is 6.03 Å². The van der Waals surface area contributed by atoms with Gasteiger partial charge in [0.05, 0.1) is 19.4 Å². The second-order valence-electron chi connectivity index (χ2n) is 6.90. The lowest BCUT2D eigenvalue weighted by Crippen LogP contribution is -2.34. The summed E-state index contributed by atoms with van der Waals surface area (Å²) < 4.78 is 16.4. The van der Waals surface area contributed by atoms with E-state index in [1.807, 2.05) is 55.5 Å². The first-order chi connectivity index (χ1) is 14.7. The van der Waals surface area contributed by atoms with Crippen molar-refractivity contribution in [3.05, 3.63) is 54.4 Å². The molecule has 3 aromatic rings. The molecule has 156 valence electrons. The van der Waals surface area contributed by atoms with Gasteiger partial charge in [0, 0.05) is 12.1 Å². The first kappa shape index (κ1) is 19.8. The molecule has 1 aliphatic heterocycles. The predicted octanol–water partition coefficient (Wildman–Crippen LogP) is 4.51. The molecule has 1 atom stereocenters. The molecule has 8 heteroatoms. The van der Waals surface area contributed by atoms with E-state index in [0.29, 0.717) is 42.1 Å². The molecule has 2 amide bonds. The molecular formula is C22H24N4O4. The van der Waals surface area contributed by atoms with E-state index in [0.717, 1.165) is 18.4 Å². The highest BCUT2D eigenvalue weighted by Gasteiger charge is 2.34. The SMILES string of the molecule is CCOc1ccccc1NC(=O)N1CCC[C@H]1c1nc(-c2cccc(OC)c2)no1. The molecule has 0 unspecified atom stereocenters. The monoisotopic (exact) mass is 408 g/mol. The maximum Gasteiger partial charge on any atom is 0.322 e. The van der Waals surface area contributed by atoms with E-state index < -0.39 is 0 Å². The van der Waals surface area contributed by atoms with Crippen molar-refractivity contribution in [1.82, 2.24) is 15.0 Å². The number of ether oxygens (including phenoxy) is 2. The molecule has 2 heterocycles. The molecule has 1 saturated heterocycles. The summed E-state index contributed by atoms with van der Waals surface area (Å²) in [5.74, 6) is 2.26. The highest BCUT2D eigenvalue weighted by atomic mass is 16.5. The lowest BCUT2D eigenvalue weighted by atomic mass is 10.2. The van der Waals surface area contributed by atoms with Gasteiger partial charge in [0.25, 0.3) is 0 Å². The Morgan fingerprint density at radius 3 is 2.97 bits per heavy atom. The molecule has 1 aromatic heterocycles. The number of hydrogen-bond donors (Lipinski definition) is 1. The van der Waals surface area contributed by atoms with E-state index >= 15 is 0 Å². The zero-order chi connectivity index (χ0) is 20.9. The van der Waals surface area contributed by atoms with Crippen LogP contribution in [0.3, 0.4) is 0 Å². The number of rotatable bonds is 6. The molecule has 0 radical (unpaired) electrons. The molecule has 2 aromatic carbocycles. The predicted molar refractivity (Wildman–Crippen MR) is 112 cm³/mol. The van der Waals surface area contributed by atoms with Gasteiger partial charge in [-0.25, -0.2) is 4.79 Å². The fourth-order valence-electron chi connectivity index (χ4n) is 3.55. The number of benzene rings is 2. The molecule has 0 aliphatic carbocycles. The summed E-state index contributed by atoms with van der Waals surface area (Å²) in [4.78, 5) is 19.2. The first-order valence-electron chi connectivity index (χ1n) is 9.97. The van der Waals surface area contributed by atoms with Crippen LogP contribution in [-0.2, 0) is 0 Å². The van der Waals surface area contributed by atoms with Crippen LogP contribution in [0.1, 0.15) is 31.7 Å². The standard InChI is InChI=1S/C22H24N4O4/c1-3-29-19-12-5-4-10-17(19)23-22(27)26-13-7-11-18(26)21-24-20(25-30-21)15-8-6-9-16(14-15)28-2/h4-6,8-10,12,14,18H,3,7,11,13H2,1-2H3,(H,23,27)/t18-/m0/s1. The largest absolute Gasteiger partial charge is 0.497 e. The van der Waals surface area contributed by atoms with Crippen LogP contribution in [0.4, 0.5) is 10.5 Å². The van der Waals surface area contributed by atoms with Crippen LogP contribution in [-0.4, -0.2) is 41.3 Å². The maximum absolute atomic E-state index is 13.0. The van der Waals surface area contributed by atoms with E-state index in [-0.39, 0.29) is 12.1 Å². The van der Waals surface area contributed by atoms with E-state index in [2.05, 4.69) is 15.5 Å². The number of anilines is 1. The fourth-order valence-corrected chi connectivity index (χ4v) is 3.55. The number of likely N-dealkylation sites (tertiary alicyclic amines) is 1. The van der Waals surface area contributed by atoms with E-state index in [4.69, 9.17) is 14.0 Å². The zero-order valence-electron chi connectivity index (χ0n) is 17.0. The van der Waals surface area contributed by atoms with Gasteiger partial charge in [-0.05, 0) is 44.0 Å². The van der Waals surface area contributed by atoms with Crippen LogP contribution in [0.2, 0.25) is 0 Å². The summed E-state index contributed by atoms with van der Waals surface area (Å²) in [5.41, 5.74) is 1.43. The quantitative estimate of drug-likeness (QED) is 0.645. The Hall–Kier alpha value is -3.55. The fraction of sp³-hybridized carbons (Fsp3) is 0.318. The average Bonchev–Trinajstić information content (AvgIpc) is 3.45. The summed E-state index contributed by atoms with van der Waals surface area (Å²) in [5, 5.41) is 7.05. The number of nitrogens with one attached hydrogen (secondary N) is 1. The molecule has 0 bridgehead atoms. The second-order valence-corrected chi connectivity index (χ2v) is 6.90. The Kier molecular flexibility index (Phi) is 5.83. The van der Waals surface area contributed by atoms with Gasteiger partial charge in [0.15, 0.2) is 0 Å². The van der Waals surface area contributed by atoms with Crippen molar-refractivity contribution in [2.45, 2.75) is 25.8 Å². The summed E-state index contributed by atoms with van der Waals surface area (Å²) >= 11 is 0. The van der Waals surface area contributed by atoms with Gasteiger partial charge < -0.3 is 24.2 Å². The van der Waals surface area contributed by atoms with Crippen molar-refractivity contribution in [3.63, 3.8) is 0 Å². The number of amides is 2. The van der Waals surface area contributed by atoms with Crippen molar-refractivity contribution in [3.8, 4) is 22.9 Å². The van der Waals surface area contributed by atoms with E-state index in [1.165, 1.54) is 0 Å². The first-order valence-corrected chi connectivity index (χ1v) is 9.97. The summed E-state index contributed by atoms with van der Waals surface area (Å²) in [6.07, 6.45) is 1.63. The Morgan fingerprint density at radius 1 is 1.27 bits per heavy atom. The summed E-state index contributed by atoms with van der Waals surface area (Å²) in [6.45, 7) is 3.04. The van der Waals surface area contributed by atoms with Gasteiger partial charge in [0.1, 0.15) is 17.5 Å². The molecule has 0 saturated carbocycles. The van der Waals surface area contributed by atoms with Crippen molar-refractivity contribution in [2.24, 2.45) is 0 Å². The van der Waals surface area contributed by atoms with Gasteiger partial charge in [-0.1, -0.05) is 29.4 Å². The Balaban J connectivity index is 1.51. The number of nitrogens with zero attached hydrogens (tertiary/aromatic N) is 3. The minimum absolute atomic E-state index is 0.217. The number of aromatic nitrogens is 2. The lowest BCUT2D eigenvalue weighted by molar-refractivity contribution is 0.193. The van der Waals surface area contributed by atoms with Crippen LogP contribution >= 0.6 is 0 Å². The number of methoxy groups -OCH3 is 1. The normalized spacial score (nSPS) is 15.8. The van der Waals surface area contributed by atoms with Gasteiger partial charge in [-0.15, -0.1) is 0 Å². The van der Waals surface area contributed by atoms with Crippen LogP contribution in [0, 0.1) is 0 Å². The van der Waals surface area contributed by atoms with Gasteiger partial charge in [-0.3, -0.25) is 0 Å². The molecule has 1 N–H and O–H groups in total. The molecule has 8 nitrogen and oxygen atoms in total. The Labute approximate surface area is 174 Å². The highest BCUT2D eigenvalue weighted by Crippen LogP contribution is 2.33. The Morgan fingerprint density at radius 2 is 2.13 bits per heavy atom. The lowest BCUT2D eigenvalue weighted by Gasteiger charge is -2.23. The van der Waals surface area contributed by atoms with Crippen molar-refractivity contribution in [1.29, 1.82) is 0 Å². The minimum atomic E-state index is -0.267. The van der Waals surface area contributed by atoms with Crippen LogP contribution in [0.15, 0.2) is 53.1 Å². The second kappa shape index (κ2) is 8.86. The smallest absolute Gasteiger partial charge is 0.322 e. The summed E-state index contributed by atoms with van der Waals surface area (Å²) in [7, 11) is 1.61. The Bertz CT molecular complexity index is 1020. The molecule has 30 heavy (non-hydrogen) atoms. The maximum atomic E-state index is 13.0. The number of carbonyl (C=O) groups is 1. The van der Waals surface area contributed by atoms with Crippen molar-refractivity contribution >= 4 is 11.7 Å². The summed E-state index contributed by atoms with van der Waals surface area (Å²) in [6, 6.07) is 14.4. The van der Waals surface area contributed by atoms with Gasteiger partial charge in [-0.2, -0.15) is 4.98 Å². The van der Waals surface area contributed by atoms with Crippen molar-refractivity contribution in [2.75, 3.05) is 25.6 Å². The number of carbonyl (C=O) groups excluding carboxylic acids is 1. The number of urea groups is 1. The highest BCUT2D eigenvalue weighted by molar-refractivity contribution is 5.91. The van der Waals surface area contributed by atoms with E-state index in [9.17, 15) is 4.79 Å². The van der Waals surface area contributed by atoms with Crippen LogP contribution < -0.4 is 14.8 Å².